The molecule has 0 radical (unpaired) electrons. The van der Waals surface area contributed by atoms with Gasteiger partial charge in [-0.1, -0.05) is 25.2 Å². The molecule has 0 fully saturated rings. The van der Waals surface area contributed by atoms with Crippen LogP contribution < -0.4 is 0 Å². The first-order chi connectivity index (χ1) is 6.51. The smallest absolute Gasteiger partial charge is 0.243 e. The molecule has 0 aliphatic rings. The van der Waals surface area contributed by atoms with Crippen LogP contribution in [0.5, 0.6) is 0 Å². The van der Waals surface area contributed by atoms with Crippen molar-refractivity contribution in [3.63, 3.8) is 0 Å². The van der Waals surface area contributed by atoms with Gasteiger partial charge in [-0.05, 0) is 6.42 Å². The van der Waals surface area contributed by atoms with Crippen LogP contribution in [0.2, 0.25) is 0 Å². The predicted molar refractivity (Wildman–Crippen MR) is 64.4 cm³/mol. The quantitative estimate of drug-likeness (QED) is 0.542. The molecule has 0 saturated heterocycles. The molecule has 6 heteroatoms. The number of rotatable bonds is 6. The predicted octanol–water partition coefficient (Wildman–Crippen LogP) is 3.04. The molecule has 1 unspecified atom stereocenters. The standard InChI is InChI=1S/C8H17ClNO2PS/c1-4-6-14-13(12,5-2)10(3)8(11)7-9/h4-7H2,1-3H3. The Morgan fingerprint density at radius 3 is 2.43 bits per heavy atom. The fourth-order valence-electron chi connectivity index (χ4n) is 0.880. The number of amides is 1. The van der Waals surface area contributed by atoms with Gasteiger partial charge in [0.25, 0.3) is 0 Å². The molecular weight excluding hydrogens is 241 g/mol. The zero-order valence-electron chi connectivity index (χ0n) is 8.83. The Balaban J connectivity index is 4.50. The van der Waals surface area contributed by atoms with Crippen molar-refractivity contribution in [2.45, 2.75) is 20.3 Å². The maximum Gasteiger partial charge on any atom is 0.243 e. The van der Waals surface area contributed by atoms with Gasteiger partial charge in [0.05, 0.1) is 0 Å². The van der Waals surface area contributed by atoms with Crippen LogP contribution in [-0.2, 0) is 9.36 Å². The van der Waals surface area contributed by atoms with Crippen LogP contribution in [0.15, 0.2) is 0 Å². The second-order valence-electron chi connectivity index (χ2n) is 2.84. The number of hydrogen-bond donors (Lipinski definition) is 0. The van der Waals surface area contributed by atoms with E-state index in [1.807, 2.05) is 13.8 Å². The molecule has 1 amide bonds. The first-order valence-corrected chi connectivity index (χ1v) is 8.55. The highest BCUT2D eigenvalue weighted by atomic mass is 35.5. The Bertz CT molecular complexity index is 237. The number of nitrogens with zero attached hydrogens (tertiary/aromatic N) is 1. The van der Waals surface area contributed by atoms with Gasteiger partial charge in [-0.3, -0.25) is 14.0 Å². The van der Waals surface area contributed by atoms with Gasteiger partial charge >= 0.3 is 0 Å². The maximum atomic E-state index is 12.3. The van der Waals surface area contributed by atoms with Crippen LogP contribution in [0.3, 0.4) is 0 Å². The van der Waals surface area contributed by atoms with Crippen molar-refractivity contribution >= 4 is 35.4 Å². The van der Waals surface area contributed by atoms with Crippen LogP contribution in [0.4, 0.5) is 0 Å². The van der Waals surface area contributed by atoms with Gasteiger partial charge in [-0.25, -0.2) is 0 Å². The van der Waals surface area contributed by atoms with Crippen molar-refractivity contribution in [1.29, 1.82) is 0 Å². The molecule has 0 aromatic heterocycles. The fraction of sp³-hybridized carbons (Fsp3) is 0.875. The minimum absolute atomic E-state index is 0.104. The van der Waals surface area contributed by atoms with E-state index < -0.39 is 6.49 Å². The first-order valence-electron chi connectivity index (χ1n) is 4.58. The molecule has 0 rings (SSSR count). The highest BCUT2D eigenvalue weighted by Crippen LogP contribution is 2.60. The van der Waals surface area contributed by atoms with Crippen molar-refractivity contribution in [3.8, 4) is 0 Å². The van der Waals surface area contributed by atoms with Gasteiger partial charge in [-0.15, -0.1) is 11.6 Å². The van der Waals surface area contributed by atoms with E-state index in [9.17, 15) is 9.36 Å². The summed E-state index contributed by atoms with van der Waals surface area (Å²) in [7, 11) is 1.57. The average molecular weight is 258 g/mol. The van der Waals surface area contributed by atoms with Gasteiger partial charge in [0, 0.05) is 19.0 Å². The monoisotopic (exact) mass is 257 g/mol. The third-order valence-corrected chi connectivity index (χ3v) is 8.26. The largest absolute Gasteiger partial charge is 0.288 e. The molecule has 1 atom stereocenters. The normalized spacial score (nSPS) is 14.9. The van der Waals surface area contributed by atoms with Gasteiger partial charge in [0.2, 0.25) is 12.4 Å². The molecule has 84 valence electrons. The number of hydrogen-bond acceptors (Lipinski definition) is 3. The molecule has 3 nitrogen and oxygen atoms in total. The van der Waals surface area contributed by atoms with E-state index in [4.69, 9.17) is 11.6 Å². The Hall–Kier alpha value is 0.340. The van der Waals surface area contributed by atoms with E-state index in [0.717, 1.165) is 12.2 Å². The summed E-state index contributed by atoms with van der Waals surface area (Å²) >= 11 is 6.80. The van der Waals surface area contributed by atoms with Crippen molar-refractivity contribution in [2.75, 3.05) is 24.8 Å². The SMILES string of the molecule is CCCSP(=O)(CC)N(C)C(=O)CCl. The summed E-state index contributed by atoms with van der Waals surface area (Å²) in [5, 5.41) is 0. The maximum absolute atomic E-state index is 12.3. The number of carbonyl (C=O) groups excluding carboxylic acids is 1. The van der Waals surface area contributed by atoms with E-state index in [2.05, 4.69) is 0 Å². The molecule has 0 aromatic carbocycles. The second kappa shape index (κ2) is 6.76. The van der Waals surface area contributed by atoms with Gasteiger partial charge in [0.15, 0.2) is 0 Å². The summed E-state index contributed by atoms with van der Waals surface area (Å²) in [6, 6.07) is 0. The molecule has 0 heterocycles. The van der Waals surface area contributed by atoms with E-state index in [1.54, 1.807) is 7.05 Å². The summed E-state index contributed by atoms with van der Waals surface area (Å²) in [5.41, 5.74) is 0. The van der Waals surface area contributed by atoms with Gasteiger partial charge in [-0.2, -0.15) is 0 Å². The summed E-state index contributed by atoms with van der Waals surface area (Å²) in [6.45, 7) is 1.29. The first kappa shape index (κ1) is 14.3. The van der Waals surface area contributed by atoms with Crippen molar-refractivity contribution in [2.24, 2.45) is 0 Å². The van der Waals surface area contributed by atoms with Crippen LogP contribution in [0, 0.1) is 0 Å². The Kier molecular flexibility index (Phi) is 6.92. The lowest BCUT2D eigenvalue weighted by atomic mass is 10.6. The lowest BCUT2D eigenvalue weighted by Crippen LogP contribution is -2.24. The van der Waals surface area contributed by atoms with Crippen LogP contribution >= 0.6 is 29.5 Å². The molecule has 0 aliphatic carbocycles. The van der Waals surface area contributed by atoms with Crippen molar-refractivity contribution < 1.29 is 9.36 Å². The molecule has 0 N–H and O–H groups in total. The molecule has 14 heavy (non-hydrogen) atoms. The van der Waals surface area contributed by atoms with Crippen molar-refractivity contribution in [3.05, 3.63) is 0 Å². The molecular formula is C8H17ClNO2PS. The number of halogens is 1. The zero-order valence-corrected chi connectivity index (χ0v) is 11.3. The lowest BCUT2D eigenvalue weighted by Gasteiger charge is -2.26. The van der Waals surface area contributed by atoms with E-state index in [1.165, 1.54) is 16.1 Å². The Morgan fingerprint density at radius 2 is 2.07 bits per heavy atom. The third-order valence-electron chi connectivity index (χ3n) is 1.83. The number of carbonyl (C=O) groups is 1. The topological polar surface area (TPSA) is 37.4 Å². The van der Waals surface area contributed by atoms with E-state index in [0.29, 0.717) is 6.16 Å². The summed E-state index contributed by atoms with van der Waals surface area (Å²) in [6.07, 6.45) is 1.45. The molecule has 0 aromatic rings. The summed E-state index contributed by atoms with van der Waals surface area (Å²) in [4.78, 5) is 11.3. The second-order valence-corrected chi connectivity index (χ2v) is 8.77. The third kappa shape index (κ3) is 3.84. The molecule has 0 aliphatic heterocycles. The average Bonchev–Trinajstić information content (AvgIpc) is 2.23. The van der Waals surface area contributed by atoms with Crippen LogP contribution in [0.25, 0.3) is 0 Å². The lowest BCUT2D eigenvalue weighted by molar-refractivity contribution is -0.123. The highest BCUT2D eigenvalue weighted by Gasteiger charge is 2.29. The minimum Gasteiger partial charge on any atom is -0.288 e. The van der Waals surface area contributed by atoms with Gasteiger partial charge < -0.3 is 0 Å². The van der Waals surface area contributed by atoms with Crippen LogP contribution in [0.1, 0.15) is 20.3 Å². The molecule has 0 spiro atoms. The van der Waals surface area contributed by atoms with Gasteiger partial charge in [0.1, 0.15) is 5.88 Å². The highest BCUT2D eigenvalue weighted by molar-refractivity contribution is 8.57. The fourth-order valence-corrected chi connectivity index (χ4v) is 5.55. The molecule has 0 saturated carbocycles. The van der Waals surface area contributed by atoms with Crippen LogP contribution in [-0.4, -0.2) is 35.4 Å². The van der Waals surface area contributed by atoms with E-state index in [-0.39, 0.29) is 11.8 Å². The Morgan fingerprint density at radius 1 is 1.50 bits per heavy atom. The molecule has 0 bridgehead atoms. The van der Waals surface area contributed by atoms with Crippen molar-refractivity contribution in [1.82, 2.24) is 4.67 Å². The summed E-state index contributed by atoms with van der Waals surface area (Å²) < 4.78 is 13.6. The zero-order chi connectivity index (χ0) is 11.2. The number of alkyl halides is 1. The minimum atomic E-state index is -2.56. The Labute approximate surface area is 94.7 Å². The summed E-state index contributed by atoms with van der Waals surface area (Å²) in [5.74, 6) is 0.443. The van der Waals surface area contributed by atoms with E-state index >= 15 is 0 Å².